The Morgan fingerprint density at radius 2 is 1.29 bits per heavy atom. The number of carbonyl (C=O) groups excluding carboxylic acids is 1. The molecule has 3 N–H and O–H groups in total. The first kappa shape index (κ1) is 41.1. The van der Waals surface area contributed by atoms with Gasteiger partial charge < -0.3 is 48.5 Å². The van der Waals surface area contributed by atoms with Crippen LogP contribution >= 0.6 is 0 Å². The lowest BCUT2D eigenvalue weighted by atomic mass is 9.85. The number of rotatable bonds is 22. The van der Waals surface area contributed by atoms with Gasteiger partial charge in [-0.2, -0.15) is 0 Å². The van der Waals surface area contributed by atoms with Crippen molar-refractivity contribution in [3.63, 3.8) is 0 Å². The van der Waals surface area contributed by atoms with Gasteiger partial charge in [0.25, 0.3) is 0 Å². The third-order valence-electron chi connectivity index (χ3n) is 9.01. The molecule has 3 aromatic carbocycles. The Hall–Kier alpha value is -4.35. The van der Waals surface area contributed by atoms with Crippen molar-refractivity contribution in [2.45, 2.75) is 96.4 Å². The number of methoxy groups -OCH3 is 5. The first-order chi connectivity index (χ1) is 24.4. The van der Waals surface area contributed by atoms with Crippen molar-refractivity contribution in [1.82, 2.24) is 0 Å². The SMILES string of the molecule is CCCCCC(C)(O)C(=O)c1cc(OC)c(O[C@H](CO)C(c2cc(OC)c(OC(C)CCCC)c(OC)c2)c2cccc(OC)c2O)c(OC)c1. The van der Waals surface area contributed by atoms with E-state index in [1.807, 2.05) is 6.92 Å². The van der Waals surface area contributed by atoms with E-state index in [0.29, 0.717) is 41.2 Å². The highest BCUT2D eigenvalue weighted by Gasteiger charge is 2.36. The summed E-state index contributed by atoms with van der Waals surface area (Å²) in [5.74, 6) is 0.351. The number of aliphatic hydroxyl groups excluding tert-OH is 1. The van der Waals surface area contributed by atoms with E-state index >= 15 is 0 Å². The Morgan fingerprint density at radius 3 is 1.80 bits per heavy atom. The molecule has 0 amide bonds. The van der Waals surface area contributed by atoms with Crippen LogP contribution in [0, 0.1) is 0 Å². The highest BCUT2D eigenvalue weighted by atomic mass is 16.6. The van der Waals surface area contributed by atoms with E-state index in [0.717, 1.165) is 32.1 Å². The summed E-state index contributed by atoms with van der Waals surface area (Å²) < 4.78 is 41.3. The van der Waals surface area contributed by atoms with Gasteiger partial charge in [0.1, 0.15) is 11.7 Å². The molecular weight excluding hydrogens is 656 g/mol. The van der Waals surface area contributed by atoms with Gasteiger partial charge in [-0.05, 0) is 62.6 Å². The number of ketones is 1. The maximum Gasteiger partial charge on any atom is 0.203 e. The largest absolute Gasteiger partial charge is 0.504 e. The summed E-state index contributed by atoms with van der Waals surface area (Å²) in [5, 5.41) is 33.5. The second-order valence-corrected chi connectivity index (χ2v) is 12.8. The van der Waals surface area contributed by atoms with E-state index in [2.05, 4.69) is 13.8 Å². The van der Waals surface area contributed by atoms with Crippen LogP contribution in [0.2, 0.25) is 0 Å². The molecule has 0 aliphatic heterocycles. The standard InChI is InChI=1S/C40H56O11/c1-10-12-14-19-40(4,44)39(43)27-22-32(48-8)38(33(23-27)49-9)51-34(24-41)35(28-17-15-18-29(45-5)36(28)42)26-20-30(46-6)37(31(21-26)47-7)50-25(3)16-13-11-2/h15,17-18,20-23,25,34-35,41-42,44H,10-14,16,19,24H2,1-9H3/t25?,34-,35?,40?/m1/s1. The van der Waals surface area contributed by atoms with Gasteiger partial charge in [0.05, 0.1) is 54.2 Å². The molecule has 0 fully saturated rings. The molecule has 0 saturated carbocycles. The minimum Gasteiger partial charge on any atom is -0.504 e. The van der Waals surface area contributed by atoms with E-state index < -0.39 is 30.0 Å². The van der Waals surface area contributed by atoms with Gasteiger partial charge in [-0.1, -0.05) is 58.1 Å². The van der Waals surface area contributed by atoms with Crippen molar-refractivity contribution in [3.8, 4) is 46.0 Å². The topological polar surface area (TPSA) is 142 Å². The lowest BCUT2D eigenvalue weighted by molar-refractivity contribution is 0.0355. The molecule has 0 aromatic heterocycles. The van der Waals surface area contributed by atoms with Crippen LogP contribution in [0.4, 0.5) is 0 Å². The van der Waals surface area contributed by atoms with Crippen LogP contribution in [0.15, 0.2) is 42.5 Å². The van der Waals surface area contributed by atoms with Crippen molar-refractivity contribution in [1.29, 1.82) is 0 Å². The zero-order chi connectivity index (χ0) is 37.7. The molecule has 3 aromatic rings. The summed E-state index contributed by atoms with van der Waals surface area (Å²) in [5.41, 5.74) is -0.473. The van der Waals surface area contributed by atoms with Crippen LogP contribution in [0.1, 0.15) is 100 Å². The molecule has 11 nitrogen and oxygen atoms in total. The fourth-order valence-corrected chi connectivity index (χ4v) is 6.13. The van der Waals surface area contributed by atoms with E-state index in [9.17, 15) is 20.1 Å². The second-order valence-electron chi connectivity index (χ2n) is 12.8. The number of hydrogen-bond donors (Lipinski definition) is 3. The summed E-state index contributed by atoms with van der Waals surface area (Å²) in [6.07, 6.45) is 4.53. The van der Waals surface area contributed by atoms with Crippen molar-refractivity contribution in [2.75, 3.05) is 42.2 Å². The maximum absolute atomic E-state index is 13.5. The van der Waals surface area contributed by atoms with Gasteiger partial charge in [-0.15, -0.1) is 0 Å². The van der Waals surface area contributed by atoms with Gasteiger partial charge in [0, 0.05) is 11.1 Å². The maximum atomic E-state index is 13.5. The number of para-hydroxylation sites is 1. The Balaban J connectivity index is 2.20. The number of carbonyl (C=O) groups is 1. The van der Waals surface area contributed by atoms with Gasteiger partial charge in [0.15, 0.2) is 40.3 Å². The molecule has 0 radical (unpaired) electrons. The number of phenols is 1. The van der Waals surface area contributed by atoms with Crippen LogP contribution < -0.4 is 33.2 Å². The predicted molar refractivity (Wildman–Crippen MR) is 196 cm³/mol. The van der Waals surface area contributed by atoms with Crippen LogP contribution in [0.25, 0.3) is 0 Å². The van der Waals surface area contributed by atoms with Gasteiger partial charge in [0.2, 0.25) is 11.5 Å². The molecule has 282 valence electrons. The quantitative estimate of drug-likeness (QED) is 0.0705. The molecular formula is C40H56O11. The van der Waals surface area contributed by atoms with Gasteiger partial charge >= 0.3 is 0 Å². The average Bonchev–Trinajstić information content (AvgIpc) is 3.13. The number of unbranched alkanes of at least 4 members (excludes halogenated alkanes) is 3. The van der Waals surface area contributed by atoms with Crippen LogP contribution in [0.3, 0.4) is 0 Å². The molecule has 0 saturated heterocycles. The molecule has 3 rings (SSSR count). The number of phenolic OH excluding ortho intramolecular Hbond substituents is 1. The van der Waals surface area contributed by atoms with Gasteiger partial charge in [-0.3, -0.25) is 4.79 Å². The number of aliphatic hydroxyl groups is 2. The molecule has 0 bridgehead atoms. The van der Waals surface area contributed by atoms with Crippen molar-refractivity contribution < 1.29 is 53.3 Å². The van der Waals surface area contributed by atoms with Crippen LogP contribution in [0.5, 0.6) is 46.0 Å². The molecule has 0 aliphatic carbocycles. The minimum absolute atomic E-state index is 0.109. The highest BCUT2D eigenvalue weighted by molar-refractivity contribution is 6.03. The minimum atomic E-state index is -1.60. The number of Topliss-reactive ketones (excluding diaryl/α,β-unsaturated/α-hetero) is 1. The third-order valence-corrected chi connectivity index (χ3v) is 9.01. The predicted octanol–water partition coefficient (Wildman–Crippen LogP) is 7.48. The molecule has 0 heterocycles. The summed E-state index contributed by atoms with van der Waals surface area (Å²) in [4.78, 5) is 13.5. The molecule has 0 spiro atoms. The summed E-state index contributed by atoms with van der Waals surface area (Å²) in [6, 6.07) is 11.6. The first-order valence-electron chi connectivity index (χ1n) is 17.5. The molecule has 0 aliphatic rings. The zero-order valence-electron chi connectivity index (χ0n) is 31.5. The Labute approximate surface area is 302 Å². The van der Waals surface area contributed by atoms with Crippen LogP contribution in [-0.4, -0.2) is 81.1 Å². The summed E-state index contributed by atoms with van der Waals surface area (Å²) >= 11 is 0. The van der Waals surface area contributed by atoms with Crippen LogP contribution in [-0.2, 0) is 0 Å². The highest BCUT2D eigenvalue weighted by Crippen LogP contribution is 2.48. The third kappa shape index (κ3) is 9.92. The Morgan fingerprint density at radius 1 is 0.765 bits per heavy atom. The van der Waals surface area contributed by atoms with Crippen molar-refractivity contribution in [2.24, 2.45) is 0 Å². The van der Waals surface area contributed by atoms with E-state index in [1.165, 1.54) is 54.6 Å². The summed E-state index contributed by atoms with van der Waals surface area (Å²) in [6.45, 7) is 7.14. The second kappa shape index (κ2) is 19.3. The van der Waals surface area contributed by atoms with E-state index in [-0.39, 0.29) is 40.4 Å². The molecule has 11 heteroatoms. The monoisotopic (exact) mass is 712 g/mol. The lowest BCUT2D eigenvalue weighted by Crippen LogP contribution is -2.35. The fraction of sp³-hybridized carbons (Fsp3) is 0.525. The molecule has 4 atom stereocenters. The molecule has 51 heavy (non-hydrogen) atoms. The lowest BCUT2D eigenvalue weighted by Gasteiger charge is -2.30. The number of ether oxygens (including phenoxy) is 7. The average molecular weight is 713 g/mol. The normalized spacial score (nSPS) is 14.1. The van der Waals surface area contributed by atoms with Gasteiger partial charge in [-0.25, -0.2) is 0 Å². The van der Waals surface area contributed by atoms with E-state index in [4.69, 9.17) is 33.2 Å². The Kier molecular flexibility index (Phi) is 15.6. The first-order valence-corrected chi connectivity index (χ1v) is 17.5. The number of hydrogen-bond acceptors (Lipinski definition) is 11. The fourth-order valence-electron chi connectivity index (χ4n) is 6.13. The van der Waals surface area contributed by atoms with E-state index in [1.54, 1.807) is 30.3 Å². The van der Waals surface area contributed by atoms with Crippen molar-refractivity contribution in [3.05, 3.63) is 59.2 Å². The smallest absolute Gasteiger partial charge is 0.203 e. The zero-order valence-corrected chi connectivity index (χ0v) is 31.5. The summed E-state index contributed by atoms with van der Waals surface area (Å²) in [7, 11) is 7.35. The Bertz CT molecular complexity index is 1520. The van der Waals surface area contributed by atoms with Crippen molar-refractivity contribution >= 4 is 5.78 Å². The molecule has 3 unspecified atom stereocenters. The number of benzene rings is 3. The number of aromatic hydroxyl groups is 1.